The van der Waals surface area contributed by atoms with E-state index in [1.165, 1.54) is 11.3 Å². The summed E-state index contributed by atoms with van der Waals surface area (Å²) in [5.41, 5.74) is 0.684. The maximum atomic E-state index is 11.6. The van der Waals surface area contributed by atoms with E-state index in [1.54, 1.807) is 37.6 Å². The molecule has 2 N–H and O–H groups in total. The number of nitrogens with zero attached hydrogens (tertiary/aromatic N) is 1. The lowest BCUT2D eigenvalue weighted by atomic mass is 10.3. The van der Waals surface area contributed by atoms with Crippen molar-refractivity contribution < 1.29 is 9.53 Å². The molecule has 5 nitrogen and oxygen atoms in total. The molecule has 1 aromatic heterocycles. The van der Waals surface area contributed by atoms with Crippen LogP contribution in [0.3, 0.4) is 0 Å². The van der Waals surface area contributed by atoms with Gasteiger partial charge < -0.3 is 10.1 Å². The summed E-state index contributed by atoms with van der Waals surface area (Å²) in [5, 5.41) is 5.87. The molecule has 0 radical (unpaired) electrons. The fraction of sp³-hybridized carbons (Fsp3) is 0.0909. The topological polar surface area (TPSA) is 63.2 Å². The fourth-order valence-electron chi connectivity index (χ4n) is 1.25. The summed E-state index contributed by atoms with van der Waals surface area (Å²) in [5.74, 6) is 0.741. The lowest BCUT2D eigenvalue weighted by Gasteiger charge is -2.06. The molecule has 0 saturated heterocycles. The highest BCUT2D eigenvalue weighted by atomic mass is 79.9. The molecule has 1 heterocycles. The smallest absolute Gasteiger partial charge is 0.325 e. The van der Waals surface area contributed by atoms with E-state index in [0.717, 1.165) is 9.54 Å². The van der Waals surface area contributed by atoms with Gasteiger partial charge in [-0.2, -0.15) is 0 Å². The van der Waals surface area contributed by atoms with Crippen LogP contribution in [0.15, 0.2) is 34.2 Å². The average Bonchev–Trinajstić information content (AvgIpc) is 2.75. The van der Waals surface area contributed by atoms with Crippen LogP contribution in [-0.4, -0.2) is 18.1 Å². The summed E-state index contributed by atoms with van der Waals surface area (Å²) in [7, 11) is 1.59. The van der Waals surface area contributed by atoms with Crippen molar-refractivity contribution in [1.29, 1.82) is 0 Å². The average molecular weight is 328 g/mol. The van der Waals surface area contributed by atoms with Gasteiger partial charge in [0.1, 0.15) is 5.75 Å². The van der Waals surface area contributed by atoms with Gasteiger partial charge in [0, 0.05) is 5.69 Å². The van der Waals surface area contributed by atoms with Gasteiger partial charge in [-0.15, -0.1) is 0 Å². The maximum absolute atomic E-state index is 11.6. The summed E-state index contributed by atoms with van der Waals surface area (Å²) < 4.78 is 5.89. The molecule has 0 aliphatic rings. The standard InChI is InChI=1S/C11H10BrN3O2S/c1-17-8-4-2-7(3-5-8)14-10(16)15-11-13-6-9(12)18-11/h2-6H,1H3,(H2,13,14,15,16). The number of anilines is 2. The predicted octanol–water partition coefficient (Wildman–Crippen LogP) is 3.56. The quantitative estimate of drug-likeness (QED) is 0.905. The number of rotatable bonds is 3. The van der Waals surface area contributed by atoms with Gasteiger partial charge in [0.2, 0.25) is 0 Å². The minimum absolute atomic E-state index is 0.331. The molecular weight excluding hydrogens is 318 g/mol. The third kappa shape index (κ3) is 3.44. The van der Waals surface area contributed by atoms with Crippen LogP contribution in [0.25, 0.3) is 0 Å². The van der Waals surface area contributed by atoms with Crippen molar-refractivity contribution in [3.05, 3.63) is 34.2 Å². The Morgan fingerprint density at radius 1 is 1.33 bits per heavy atom. The van der Waals surface area contributed by atoms with Gasteiger partial charge >= 0.3 is 6.03 Å². The molecule has 0 spiro atoms. The predicted molar refractivity (Wildman–Crippen MR) is 75.4 cm³/mol. The van der Waals surface area contributed by atoms with Crippen LogP contribution in [-0.2, 0) is 0 Å². The number of hydrogen-bond donors (Lipinski definition) is 2. The normalized spacial score (nSPS) is 9.89. The number of amides is 2. The largest absolute Gasteiger partial charge is 0.497 e. The van der Waals surface area contributed by atoms with Gasteiger partial charge in [-0.3, -0.25) is 5.32 Å². The molecule has 7 heteroatoms. The Morgan fingerprint density at radius 2 is 2.06 bits per heavy atom. The molecule has 2 rings (SSSR count). The Morgan fingerprint density at radius 3 is 2.61 bits per heavy atom. The van der Waals surface area contributed by atoms with Gasteiger partial charge in [-0.1, -0.05) is 11.3 Å². The molecule has 0 fully saturated rings. The highest BCUT2D eigenvalue weighted by Crippen LogP contribution is 2.23. The SMILES string of the molecule is COc1ccc(NC(=O)Nc2ncc(Br)s2)cc1. The summed E-state index contributed by atoms with van der Waals surface area (Å²) in [6, 6.07) is 6.74. The number of ether oxygens (including phenoxy) is 1. The first-order valence-corrected chi connectivity index (χ1v) is 6.62. The van der Waals surface area contributed by atoms with Crippen LogP contribution in [0.5, 0.6) is 5.75 Å². The minimum Gasteiger partial charge on any atom is -0.497 e. The molecule has 0 bridgehead atoms. The molecule has 0 saturated carbocycles. The first-order valence-electron chi connectivity index (χ1n) is 5.01. The molecule has 0 atom stereocenters. The molecule has 94 valence electrons. The van der Waals surface area contributed by atoms with Crippen molar-refractivity contribution >= 4 is 44.1 Å². The molecule has 0 unspecified atom stereocenters. The zero-order valence-electron chi connectivity index (χ0n) is 9.44. The van der Waals surface area contributed by atoms with Crippen molar-refractivity contribution in [1.82, 2.24) is 4.98 Å². The number of hydrogen-bond acceptors (Lipinski definition) is 4. The first-order chi connectivity index (χ1) is 8.67. The molecule has 0 aliphatic carbocycles. The van der Waals surface area contributed by atoms with Crippen molar-refractivity contribution in [2.24, 2.45) is 0 Å². The van der Waals surface area contributed by atoms with E-state index in [-0.39, 0.29) is 6.03 Å². The Kier molecular flexibility index (Phi) is 4.16. The van der Waals surface area contributed by atoms with Crippen molar-refractivity contribution in [2.45, 2.75) is 0 Å². The first kappa shape index (κ1) is 12.8. The molecular formula is C11H10BrN3O2S. The molecule has 1 aromatic carbocycles. The van der Waals surface area contributed by atoms with E-state index < -0.39 is 0 Å². The fourth-order valence-corrected chi connectivity index (χ4v) is 2.35. The van der Waals surface area contributed by atoms with Gasteiger partial charge in [0.25, 0.3) is 0 Å². The summed E-state index contributed by atoms with van der Waals surface area (Å²) in [6.07, 6.45) is 1.63. The third-order valence-corrected chi connectivity index (χ3v) is 3.44. The van der Waals surface area contributed by atoms with Crippen LogP contribution in [0.1, 0.15) is 0 Å². The Balaban J connectivity index is 1.94. The maximum Gasteiger partial charge on any atom is 0.325 e. The van der Waals surface area contributed by atoms with E-state index >= 15 is 0 Å². The van der Waals surface area contributed by atoms with E-state index in [0.29, 0.717) is 10.8 Å². The number of urea groups is 1. The third-order valence-electron chi connectivity index (χ3n) is 2.05. The second-order valence-electron chi connectivity index (χ2n) is 3.28. The second-order valence-corrected chi connectivity index (χ2v) is 5.69. The Bertz CT molecular complexity index is 541. The monoisotopic (exact) mass is 327 g/mol. The number of carbonyl (C=O) groups is 1. The van der Waals surface area contributed by atoms with Crippen LogP contribution in [0.4, 0.5) is 15.6 Å². The van der Waals surface area contributed by atoms with E-state index in [1.807, 2.05) is 0 Å². The van der Waals surface area contributed by atoms with Crippen LogP contribution in [0, 0.1) is 0 Å². The number of benzene rings is 1. The highest BCUT2D eigenvalue weighted by Gasteiger charge is 2.05. The molecule has 2 amide bonds. The zero-order chi connectivity index (χ0) is 13.0. The Labute approximate surface area is 116 Å². The van der Waals surface area contributed by atoms with E-state index in [2.05, 4.69) is 31.5 Å². The van der Waals surface area contributed by atoms with Crippen LogP contribution in [0.2, 0.25) is 0 Å². The highest BCUT2D eigenvalue weighted by molar-refractivity contribution is 9.11. The van der Waals surface area contributed by atoms with Crippen molar-refractivity contribution in [2.75, 3.05) is 17.7 Å². The van der Waals surface area contributed by atoms with Crippen LogP contribution < -0.4 is 15.4 Å². The molecule has 18 heavy (non-hydrogen) atoms. The molecule has 2 aromatic rings. The number of nitrogens with one attached hydrogen (secondary N) is 2. The minimum atomic E-state index is -0.331. The number of carbonyl (C=O) groups excluding carboxylic acids is 1. The number of thiazole rings is 1. The van der Waals surface area contributed by atoms with E-state index in [4.69, 9.17) is 4.74 Å². The van der Waals surface area contributed by atoms with Gasteiger partial charge in [-0.25, -0.2) is 9.78 Å². The Hall–Kier alpha value is -1.60. The van der Waals surface area contributed by atoms with Crippen LogP contribution >= 0.6 is 27.3 Å². The number of aromatic nitrogens is 1. The zero-order valence-corrected chi connectivity index (χ0v) is 11.8. The van der Waals surface area contributed by atoms with Gasteiger partial charge in [-0.05, 0) is 40.2 Å². The number of methoxy groups -OCH3 is 1. The molecule has 0 aliphatic heterocycles. The summed E-state index contributed by atoms with van der Waals surface area (Å²) >= 11 is 4.62. The lowest BCUT2D eigenvalue weighted by molar-refractivity contribution is 0.262. The van der Waals surface area contributed by atoms with Crippen molar-refractivity contribution in [3.63, 3.8) is 0 Å². The van der Waals surface area contributed by atoms with Gasteiger partial charge in [0.15, 0.2) is 5.13 Å². The van der Waals surface area contributed by atoms with Gasteiger partial charge in [0.05, 0.1) is 17.1 Å². The summed E-state index contributed by atoms with van der Waals surface area (Å²) in [6.45, 7) is 0. The second kappa shape index (κ2) is 5.83. The van der Waals surface area contributed by atoms with Crippen molar-refractivity contribution in [3.8, 4) is 5.75 Å². The number of halogens is 1. The summed E-state index contributed by atoms with van der Waals surface area (Å²) in [4.78, 5) is 15.6. The lowest BCUT2D eigenvalue weighted by Crippen LogP contribution is -2.19. The van der Waals surface area contributed by atoms with E-state index in [9.17, 15) is 4.79 Å².